The van der Waals surface area contributed by atoms with Gasteiger partial charge in [0.1, 0.15) is 23.2 Å². The molecule has 36 heavy (non-hydrogen) atoms. The first-order valence-corrected chi connectivity index (χ1v) is 12.0. The summed E-state index contributed by atoms with van der Waals surface area (Å²) < 4.78 is 19.5. The number of hydrogen-bond acceptors (Lipinski definition) is 6. The fourth-order valence-corrected chi connectivity index (χ4v) is 5.14. The van der Waals surface area contributed by atoms with Crippen LogP contribution in [0.4, 0.5) is 0 Å². The Kier molecular flexibility index (Phi) is 5.75. The number of rotatable bonds is 4. The Hall–Kier alpha value is -3.84. The van der Waals surface area contributed by atoms with Gasteiger partial charge in [-0.3, -0.25) is 4.79 Å². The third kappa shape index (κ3) is 3.62. The van der Waals surface area contributed by atoms with Crippen LogP contribution >= 0.6 is 0 Å². The van der Waals surface area contributed by atoms with Gasteiger partial charge in [0, 0.05) is 24.6 Å². The van der Waals surface area contributed by atoms with Gasteiger partial charge >= 0.3 is 5.97 Å². The average Bonchev–Trinajstić information content (AvgIpc) is 2.86. The summed E-state index contributed by atoms with van der Waals surface area (Å²) in [4.78, 5) is 26.3. The van der Waals surface area contributed by atoms with Gasteiger partial charge in [-0.15, -0.1) is 0 Å². The maximum Gasteiger partial charge on any atom is 0.330 e. The van der Waals surface area contributed by atoms with Crippen LogP contribution < -0.4 is 14.9 Å². The Morgan fingerprint density at radius 3 is 2.56 bits per heavy atom. The van der Waals surface area contributed by atoms with Crippen LogP contribution in [-0.2, 0) is 16.6 Å². The monoisotopic (exact) mass is 487 g/mol. The second-order valence-electron chi connectivity index (χ2n) is 9.64. The number of pyridine rings is 1. The number of esters is 1. The van der Waals surface area contributed by atoms with Crippen molar-refractivity contribution in [1.82, 2.24) is 4.57 Å². The van der Waals surface area contributed by atoms with Crippen molar-refractivity contribution in [3.8, 4) is 11.5 Å². The van der Waals surface area contributed by atoms with Crippen LogP contribution in [-0.4, -0.2) is 34.5 Å². The van der Waals surface area contributed by atoms with Gasteiger partial charge in [0.05, 0.1) is 29.1 Å². The summed E-state index contributed by atoms with van der Waals surface area (Å²) in [6.07, 6.45) is 1.48. The second kappa shape index (κ2) is 8.68. The number of aromatic nitrogens is 1. The summed E-state index contributed by atoms with van der Waals surface area (Å²) in [5, 5.41) is 14.4. The lowest BCUT2D eigenvalue weighted by atomic mass is 9.86. The third-order valence-corrected chi connectivity index (χ3v) is 6.89. The molecule has 0 spiro atoms. The number of fused-ring (bicyclic) bond motifs is 5. The van der Waals surface area contributed by atoms with Crippen molar-refractivity contribution in [3.63, 3.8) is 0 Å². The molecule has 7 heteroatoms. The van der Waals surface area contributed by atoms with Crippen LogP contribution in [0.25, 0.3) is 32.6 Å². The van der Waals surface area contributed by atoms with Crippen LogP contribution in [0.15, 0.2) is 59.4 Å². The Morgan fingerprint density at radius 1 is 1.19 bits per heavy atom. The molecule has 1 aliphatic heterocycles. The van der Waals surface area contributed by atoms with Crippen molar-refractivity contribution in [2.45, 2.75) is 45.0 Å². The SMILES string of the molecule is CC/C=C/C(=O)OC1C(O)c2c(cc(OC)c3c(=O)c4cc5ccccc5cc4n(C)c23)OC1(C)C. The normalized spacial score (nSPS) is 18.9. The molecule has 3 aromatic carbocycles. The second-order valence-corrected chi connectivity index (χ2v) is 9.64. The number of allylic oxidation sites excluding steroid dienone is 1. The predicted octanol–water partition coefficient (Wildman–Crippen LogP) is 4.94. The maximum atomic E-state index is 13.9. The largest absolute Gasteiger partial charge is 0.496 e. The molecule has 0 aliphatic carbocycles. The van der Waals surface area contributed by atoms with Crippen LogP contribution in [0.2, 0.25) is 0 Å². The van der Waals surface area contributed by atoms with Gasteiger partial charge in [0.2, 0.25) is 5.43 Å². The first-order chi connectivity index (χ1) is 17.2. The lowest BCUT2D eigenvalue weighted by Crippen LogP contribution is -2.51. The highest BCUT2D eigenvalue weighted by Gasteiger charge is 2.47. The molecule has 1 N–H and O–H groups in total. The molecule has 0 fully saturated rings. The van der Waals surface area contributed by atoms with E-state index in [2.05, 4.69) is 0 Å². The average molecular weight is 488 g/mol. The first kappa shape index (κ1) is 23.9. The molecule has 4 aromatic rings. The molecule has 7 nitrogen and oxygen atoms in total. The number of benzene rings is 3. The highest BCUT2D eigenvalue weighted by Crippen LogP contribution is 2.47. The van der Waals surface area contributed by atoms with Gasteiger partial charge in [-0.2, -0.15) is 0 Å². The molecule has 0 amide bonds. The summed E-state index contributed by atoms with van der Waals surface area (Å²) >= 11 is 0. The Bertz CT molecular complexity index is 1610. The van der Waals surface area contributed by atoms with Crippen molar-refractivity contribution in [3.05, 3.63) is 70.4 Å². The number of hydrogen-bond donors (Lipinski definition) is 1. The Balaban J connectivity index is 1.83. The molecule has 0 bridgehead atoms. The van der Waals surface area contributed by atoms with Gasteiger partial charge in [-0.05, 0) is 43.2 Å². The predicted molar refractivity (Wildman–Crippen MR) is 140 cm³/mol. The van der Waals surface area contributed by atoms with Crippen molar-refractivity contribution >= 4 is 38.5 Å². The zero-order chi connectivity index (χ0) is 25.8. The van der Waals surface area contributed by atoms with E-state index in [1.54, 1.807) is 26.0 Å². The summed E-state index contributed by atoms with van der Waals surface area (Å²) in [7, 11) is 3.34. The fraction of sp³-hybridized carbons (Fsp3) is 0.310. The van der Waals surface area contributed by atoms with Crippen LogP contribution in [0, 0.1) is 0 Å². The topological polar surface area (TPSA) is 87.0 Å². The molecular weight excluding hydrogens is 458 g/mol. The standard InChI is InChI=1S/C29H29NO6/c1-6-7-12-22(31)35-28-27(33)24-21(36-29(28,2)3)15-20(34-5)23-25(24)30(4)19-14-17-11-9-8-10-16(17)13-18(19)26(23)32/h7-15,27-28,33H,6H2,1-5H3/b12-7+. The highest BCUT2D eigenvalue weighted by molar-refractivity contribution is 6.04. The molecule has 2 heterocycles. The van der Waals surface area contributed by atoms with Gasteiger partial charge in [-0.25, -0.2) is 4.79 Å². The number of carbonyl (C=O) groups is 1. The molecular formula is C29H29NO6. The van der Waals surface area contributed by atoms with E-state index in [1.807, 2.05) is 54.9 Å². The van der Waals surface area contributed by atoms with Crippen molar-refractivity contribution in [2.24, 2.45) is 7.05 Å². The van der Waals surface area contributed by atoms with Gasteiger partial charge in [0.15, 0.2) is 6.10 Å². The van der Waals surface area contributed by atoms with Crippen molar-refractivity contribution in [2.75, 3.05) is 7.11 Å². The number of aliphatic hydroxyl groups excluding tert-OH is 1. The maximum absolute atomic E-state index is 13.9. The Labute approximate surface area is 208 Å². The highest BCUT2D eigenvalue weighted by atomic mass is 16.6. The number of methoxy groups -OCH3 is 1. The number of nitrogens with zero attached hydrogens (tertiary/aromatic N) is 1. The number of aryl methyl sites for hydroxylation is 1. The smallest absolute Gasteiger partial charge is 0.330 e. The molecule has 1 aliphatic rings. The fourth-order valence-electron chi connectivity index (χ4n) is 5.14. The zero-order valence-electron chi connectivity index (χ0n) is 21.0. The molecule has 2 atom stereocenters. The van der Waals surface area contributed by atoms with E-state index in [9.17, 15) is 14.7 Å². The van der Waals surface area contributed by atoms with E-state index >= 15 is 0 Å². The third-order valence-electron chi connectivity index (χ3n) is 6.89. The number of ether oxygens (including phenoxy) is 3. The van der Waals surface area contributed by atoms with Crippen molar-refractivity contribution in [1.29, 1.82) is 0 Å². The molecule has 1 aromatic heterocycles. The minimum Gasteiger partial charge on any atom is -0.496 e. The lowest BCUT2D eigenvalue weighted by molar-refractivity contribution is -0.171. The molecule has 5 rings (SSSR count). The number of aliphatic hydroxyl groups is 1. The van der Waals surface area contributed by atoms with E-state index < -0.39 is 23.8 Å². The summed E-state index contributed by atoms with van der Waals surface area (Å²) in [6, 6.07) is 13.3. The van der Waals surface area contributed by atoms with E-state index in [4.69, 9.17) is 14.2 Å². The molecule has 0 saturated carbocycles. The minimum absolute atomic E-state index is 0.208. The Morgan fingerprint density at radius 2 is 1.89 bits per heavy atom. The summed E-state index contributed by atoms with van der Waals surface area (Å²) in [6.45, 7) is 5.42. The zero-order valence-corrected chi connectivity index (χ0v) is 21.0. The van der Waals surface area contributed by atoms with E-state index in [0.717, 1.165) is 10.8 Å². The molecule has 0 radical (unpaired) electrons. The summed E-state index contributed by atoms with van der Waals surface area (Å²) in [5.74, 6) is 0.164. The first-order valence-electron chi connectivity index (χ1n) is 12.0. The molecule has 186 valence electrons. The van der Waals surface area contributed by atoms with E-state index in [1.165, 1.54) is 13.2 Å². The van der Waals surface area contributed by atoms with Gasteiger partial charge in [0.25, 0.3) is 0 Å². The van der Waals surface area contributed by atoms with E-state index in [-0.39, 0.29) is 5.43 Å². The van der Waals surface area contributed by atoms with Crippen LogP contribution in [0.3, 0.4) is 0 Å². The molecule has 0 saturated heterocycles. The van der Waals surface area contributed by atoms with Crippen LogP contribution in [0.5, 0.6) is 11.5 Å². The lowest BCUT2D eigenvalue weighted by Gasteiger charge is -2.42. The van der Waals surface area contributed by atoms with Crippen LogP contribution in [0.1, 0.15) is 38.9 Å². The van der Waals surface area contributed by atoms with E-state index in [0.29, 0.717) is 45.3 Å². The van der Waals surface area contributed by atoms with Crippen molar-refractivity contribution < 1.29 is 24.1 Å². The molecule has 2 unspecified atom stereocenters. The minimum atomic E-state index is -1.24. The van der Waals surface area contributed by atoms with Gasteiger partial charge in [-0.1, -0.05) is 37.3 Å². The summed E-state index contributed by atoms with van der Waals surface area (Å²) in [5.41, 5.74) is 0.327. The quantitative estimate of drug-likeness (QED) is 0.249. The number of carbonyl (C=O) groups excluding carboxylic acids is 1. The van der Waals surface area contributed by atoms with Gasteiger partial charge < -0.3 is 23.9 Å².